The van der Waals surface area contributed by atoms with Crippen molar-refractivity contribution in [2.45, 2.75) is 6.92 Å². The van der Waals surface area contributed by atoms with Crippen molar-refractivity contribution in [3.63, 3.8) is 0 Å². The highest BCUT2D eigenvalue weighted by atomic mass is 14.9. The number of nitrogens with one attached hydrogen (secondary N) is 1. The Balaban J connectivity index is 2.11. The SMILES string of the molecule is C/C=C/c1ccc(Nc2ccccc2)cc1. The molecule has 0 spiro atoms. The average Bonchev–Trinajstić information content (AvgIpc) is 2.33. The first kappa shape index (κ1) is 10.5. The largest absolute Gasteiger partial charge is 0.356 e. The molecular weight excluding hydrogens is 194 g/mol. The zero-order valence-corrected chi connectivity index (χ0v) is 9.35. The first-order valence-corrected chi connectivity index (χ1v) is 5.43. The lowest BCUT2D eigenvalue weighted by molar-refractivity contribution is 1.54. The van der Waals surface area contributed by atoms with Crippen molar-refractivity contribution in [3.05, 3.63) is 66.2 Å². The zero-order chi connectivity index (χ0) is 11.2. The Morgan fingerprint density at radius 3 is 2.06 bits per heavy atom. The molecule has 2 rings (SSSR count). The molecule has 2 aromatic rings. The van der Waals surface area contributed by atoms with Crippen LogP contribution in [0, 0.1) is 0 Å². The predicted molar refractivity (Wildman–Crippen MR) is 70.9 cm³/mol. The van der Waals surface area contributed by atoms with Gasteiger partial charge in [0.25, 0.3) is 0 Å². The highest BCUT2D eigenvalue weighted by Crippen LogP contribution is 2.16. The van der Waals surface area contributed by atoms with E-state index in [1.165, 1.54) is 5.56 Å². The summed E-state index contributed by atoms with van der Waals surface area (Å²) in [6.45, 7) is 2.02. The summed E-state index contributed by atoms with van der Waals surface area (Å²) in [5.41, 5.74) is 3.45. The third kappa shape index (κ3) is 2.74. The van der Waals surface area contributed by atoms with Gasteiger partial charge in [0, 0.05) is 11.4 Å². The summed E-state index contributed by atoms with van der Waals surface area (Å²) in [4.78, 5) is 0. The molecule has 2 aromatic carbocycles. The Hall–Kier alpha value is -2.02. The molecule has 1 heteroatoms. The molecule has 0 amide bonds. The minimum absolute atomic E-state index is 1.11. The van der Waals surface area contributed by atoms with Crippen LogP contribution in [0.4, 0.5) is 11.4 Å². The molecule has 0 bridgehead atoms. The smallest absolute Gasteiger partial charge is 0.0384 e. The maximum atomic E-state index is 3.35. The van der Waals surface area contributed by atoms with Crippen LogP contribution in [0.3, 0.4) is 0 Å². The van der Waals surface area contributed by atoms with E-state index < -0.39 is 0 Å². The van der Waals surface area contributed by atoms with Gasteiger partial charge in [0.05, 0.1) is 0 Å². The molecule has 0 saturated heterocycles. The van der Waals surface area contributed by atoms with Gasteiger partial charge in [-0.2, -0.15) is 0 Å². The van der Waals surface area contributed by atoms with Gasteiger partial charge in [-0.3, -0.25) is 0 Å². The number of para-hydroxylation sites is 1. The van der Waals surface area contributed by atoms with E-state index in [1.54, 1.807) is 0 Å². The van der Waals surface area contributed by atoms with E-state index in [4.69, 9.17) is 0 Å². The Morgan fingerprint density at radius 1 is 0.812 bits per heavy atom. The fourth-order valence-corrected chi connectivity index (χ4v) is 1.56. The van der Waals surface area contributed by atoms with Crippen LogP contribution in [0.2, 0.25) is 0 Å². The van der Waals surface area contributed by atoms with Gasteiger partial charge in [-0.05, 0) is 36.8 Å². The van der Waals surface area contributed by atoms with Crippen LogP contribution >= 0.6 is 0 Å². The first-order chi connectivity index (χ1) is 7.88. The van der Waals surface area contributed by atoms with Gasteiger partial charge in [0.2, 0.25) is 0 Å². The predicted octanol–water partition coefficient (Wildman–Crippen LogP) is 4.46. The molecule has 0 fully saturated rings. The second-order valence-corrected chi connectivity index (χ2v) is 3.61. The van der Waals surface area contributed by atoms with E-state index in [-0.39, 0.29) is 0 Å². The fraction of sp³-hybridized carbons (Fsp3) is 0.0667. The molecule has 0 aliphatic carbocycles. The molecule has 0 unspecified atom stereocenters. The Kier molecular flexibility index (Phi) is 3.39. The lowest BCUT2D eigenvalue weighted by Crippen LogP contribution is -1.88. The summed E-state index contributed by atoms with van der Waals surface area (Å²) in [6.07, 6.45) is 4.13. The number of hydrogen-bond acceptors (Lipinski definition) is 1. The van der Waals surface area contributed by atoms with Crippen molar-refractivity contribution in [2.75, 3.05) is 5.32 Å². The topological polar surface area (TPSA) is 12.0 Å². The lowest BCUT2D eigenvalue weighted by Gasteiger charge is -2.06. The maximum absolute atomic E-state index is 3.35. The van der Waals surface area contributed by atoms with Gasteiger partial charge >= 0.3 is 0 Å². The second kappa shape index (κ2) is 5.17. The van der Waals surface area contributed by atoms with Crippen LogP contribution in [-0.4, -0.2) is 0 Å². The van der Waals surface area contributed by atoms with Crippen LogP contribution in [0.25, 0.3) is 6.08 Å². The number of rotatable bonds is 3. The molecule has 0 aliphatic heterocycles. The van der Waals surface area contributed by atoms with Crippen molar-refractivity contribution in [1.82, 2.24) is 0 Å². The lowest BCUT2D eigenvalue weighted by atomic mass is 10.2. The summed E-state index contributed by atoms with van der Waals surface area (Å²) in [6, 6.07) is 18.5. The van der Waals surface area contributed by atoms with E-state index in [0.717, 1.165) is 11.4 Å². The Bertz CT molecular complexity index is 455. The minimum atomic E-state index is 1.11. The zero-order valence-electron chi connectivity index (χ0n) is 9.35. The van der Waals surface area contributed by atoms with Crippen LogP contribution in [-0.2, 0) is 0 Å². The molecule has 0 radical (unpaired) electrons. The van der Waals surface area contributed by atoms with Crippen LogP contribution < -0.4 is 5.32 Å². The molecule has 1 nitrogen and oxygen atoms in total. The summed E-state index contributed by atoms with van der Waals surface area (Å²) < 4.78 is 0. The maximum Gasteiger partial charge on any atom is 0.0384 e. The minimum Gasteiger partial charge on any atom is -0.356 e. The Morgan fingerprint density at radius 2 is 1.44 bits per heavy atom. The summed E-state index contributed by atoms with van der Waals surface area (Å²) in [7, 11) is 0. The number of hydrogen-bond donors (Lipinski definition) is 1. The van der Waals surface area contributed by atoms with Gasteiger partial charge in [0.15, 0.2) is 0 Å². The standard InChI is InChI=1S/C15H15N/c1-2-6-13-9-11-15(12-10-13)16-14-7-4-3-5-8-14/h2-12,16H,1H3/b6-2+. The van der Waals surface area contributed by atoms with E-state index in [0.29, 0.717) is 0 Å². The summed E-state index contributed by atoms with van der Waals surface area (Å²) in [5, 5.41) is 3.35. The normalized spacial score (nSPS) is 10.6. The third-order valence-corrected chi connectivity index (χ3v) is 2.33. The number of allylic oxidation sites excluding steroid dienone is 1. The van der Waals surface area contributed by atoms with Gasteiger partial charge in [-0.25, -0.2) is 0 Å². The Labute approximate surface area is 96.4 Å². The molecular formula is C15H15N. The summed E-state index contributed by atoms with van der Waals surface area (Å²) >= 11 is 0. The molecule has 16 heavy (non-hydrogen) atoms. The number of anilines is 2. The van der Waals surface area contributed by atoms with Crippen molar-refractivity contribution in [2.24, 2.45) is 0 Å². The molecule has 1 N–H and O–H groups in total. The molecule has 0 heterocycles. The molecule has 0 atom stereocenters. The van der Waals surface area contributed by atoms with Gasteiger partial charge < -0.3 is 5.32 Å². The van der Waals surface area contributed by atoms with Crippen molar-refractivity contribution in [1.29, 1.82) is 0 Å². The van der Waals surface area contributed by atoms with E-state index in [2.05, 4.69) is 47.8 Å². The first-order valence-electron chi connectivity index (χ1n) is 5.43. The van der Waals surface area contributed by atoms with Crippen molar-refractivity contribution >= 4 is 17.5 Å². The van der Waals surface area contributed by atoms with Crippen LogP contribution in [0.15, 0.2) is 60.7 Å². The van der Waals surface area contributed by atoms with Crippen molar-refractivity contribution in [3.8, 4) is 0 Å². The molecule has 80 valence electrons. The van der Waals surface area contributed by atoms with Gasteiger partial charge in [-0.15, -0.1) is 0 Å². The monoisotopic (exact) mass is 209 g/mol. The van der Waals surface area contributed by atoms with E-state index in [1.807, 2.05) is 31.2 Å². The van der Waals surface area contributed by atoms with Gasteiger partial charge in [0.1, 0.15) is 0 Å². The highest BCUT2D eigenvalue weighted by Gasteiger charge is 1.92. The molecule has 0 aliphatic rings. The number of benzene rings is 2. The van der Waals surface area contributed by atoms with Crippen LogP contribution in [0.5, 0.6) is 0 Å². The van der Waals surface area contributed by atoms with Crippen molar-refractivity contribution < 1.29 is 0 Å². The van der Waals surface area contributed by atoms with Gasteiger partial charge in [-0.1, -0.05) is 42.5 Å². The highest BCUT2D eigenvalue weighted by molar-refractivity contribution is 5.62. The third-order valence-electron chi connectivity index (χ3n) is 2.33. The molecule has 0 saturated carbocycles. The average molecular weight is 209 g/mol. The van der Waals surface area contributed by atoms with E-state index >= 15 is 0 Å². The quantitative estimate of drug-likeness (QED) is 0.786. The fourth-order valence-electron chi connectivity index (χ4n) is 1.56. The second-order valence-electron chi connectivity index (χ2n) is 3.61. The molecule has 0 aromatic heterocycles. The summed E-state index contributed by atoms with van der Waals surface area (Å²) in [5.74, 6) is 0. The van der Waals surface area contributed by atoms with E-state index in [9.17, 15) is 0 Å². The van der Waals surface area contributed by atoms with Crippen LogP contribution in [0.1, 0.15) is 12.5 Å².